The minimum atomic E-state index is 0.181. The van der Waals surface area contributed by atoms with Crippen molar-refractivity contribution in [3.05, 3.63) is 16.6 Å². The Morgan fingerprint density at radius 2 is 2.40 bits per heavy atom. The van der Waals surface area contributed by atoms with Crippen molar-refractivity contribution in [3.63, 3.8) is 0 Å². The van der Waals surface area contributed by atoms with Crippen LogP contribution in [0.25, 0.3) is 0 Å². The monoisotopic (exact) mass is 219 g/mol. The van der Waals surface area contributed by atoms with E-state index in [2.05, 4.69) is 40.1 Å². The smallest absolute Gasteiger partial charge is 0.0794 e. The van der Waals surface area contributed by atoms with Crippen LogP contribution in [0.1, 0.15) is 19.5 Å². The zero-order valence-corrected chi connectivity index (χ0v) is 8.50. The summed E-state index contributed by atoms with van der Waals surface area (Å²) in [5.41, 5.74) is 3.23. The normalized spacial score (nSPS) is 11.9. The number of alkyl halides is 1. The highest BCUT2D eigenvalue weighted by atomic mass is 79.9. The second kappa shape index (κ2) is 3.01. The maximum Gasteiger partial charge on any atom is 0.0794 e. The molecule has 0 saturated carbocycles. The van der Waals surface area contributed by atoms with Gasteiger partial charge in [-0.2, -0.15) is 0 Å². The Labute approximate surface area is 73.6 Å². The van der Waals surface area contributed by atoms with Crippen molar-refractivity contribution in [2.24, 2.45) is 0 Å². The van der Waals surface area contributed by atoms with Gasteiger partial charge < -0.3 is 0 Å². The number of rotatable bonds is 2. The van der Waals surface area contributed by atoms with Crippen molar-refractivity contribution < 1.29 is 0 Å². The molecule has 10 heavy (non-hydrogen) atoms. The quantitative estimate of drug-likeness (QED) is 0.698. The van der Waals surface area contributed by atoms with Crippen LogP contribution in [-0.4, -0.2) is 10.3 Å². The van der Waals surface area contributed by atoms with Gasteiger partial charge in [0.1, 0.15) is 0 Å². The Kier molecular flexibility index (Phi) is 2.47. The summed E-state index contributed by atoms with van der Waals surface area (Å²) >= 11 is 5.11. The van der Waals surface area contributed by atoms with Gasteiger partial charge in [-0.05, 0) is 0 Å². The van der Waals surface area contributed by atoms with Crippen LogP contribution in [0.2, 0.25) is 0 Å². The fourth-order valence-corrected chi connectivity index (χ4v) is 1.65. The predicted molar refractivity (Wildman–Crippen MR) is 48.9 cm³/mol. The van der Waals surface area contributed by atoms with E-state index in [1.165, 1.54) is 5.69 Å². The first-order valence-corrected chi connectivity index (χ1v) is 5.18. The van der Waals surface area contributed by atoms with E-state index in [-0.39, 0.29) is 5.41 Å². The summed E-state index contributed by atoms with van der Waals surface area (Å²) in [5, 5.41) is 3.06. The fraction of sp³-hybridized carbons (Fsp3) is 0.571. The van der Waals surface area contributed by atoms with E-state index < -0.39 is 0 Å². The minimum absolute atomic E-state index is 0.181. The first-order chi connectivity index (χ1) is 4.67. The lowest BCUT2D eigenvalue weighted by atomic mass is 9.93. The number of aromatic nitrogens is 1. The topological polar surface area (TPSA) is 12.9 Å². The van der Waals surface area contributed by atoms with Gasteiger partial charge in [-0.15, -0.1) is 11.3 Å². The van der Waals surface area contributed by atoms with Gasteiger partial charge in [0.15, 0.2) is 0 Å². The van der Waals surface area contributed by atoms with Crippen LogP contribution in [-0.2, 0) is 5.41 Å². The Hall–Kier alpha value is 0.110. The number of hydrogen-bond donors (Lipinski definition) is 0. The molecule has 56 valence electrons. The van der Waals surface area contributed by atoms with Crippen molar-refractivity contribution in [1.82, 2.24) is 4.98 Å². The zero-order chi connectivity index (χ0) is 7.61. The highest BCUT2D eigenvalue weighted by Gasteiger charge is 2.20. The van der Waals surface area contributed by atoms with E-state index >= 15 is 0 Å². The largest absolute Gasteiger partial charge is 0.249 e. The number of nitrogens with zero attached hydrogens (tertiary/aromatic N) is 1. The van der Waals surface area contributed by atoms with Crippen LogP contribution in [0.3, 0.4) is 0 Å². The van der Waals surface area contributed by atoms with Gasteiger partial charge in [0.2, 0.25) is 0 Å². The van der Waals surface area contributed by atoms with Crippen LogP contribution in [0.4, 0.5) is 0 Å². The molecular weight excluding hydrogens is 210 g/mol. The van der Waals surface area contributed by atoms with Gasteiger partial charge in [-0.25, -0.2) is 4.98 Å². The molecule has 0 atom stereocenters. The summed E-state index contributed by atoms with van der Waals surface area (Å²) in [6.45, 7) is 4.35. The van der Waals surface area contributed by atoms with Gasteiger partial charge in [0.05, 0.1) is 11.2 Å². The van der Waals surface area contributed by atoms with E-state index in [0.29, 0.717) is 0 Å². The highest BCUT2D eigenvalue weighted by Crippen LogP contribution is 2.24. The average molecular weight is 220 g/mol. The van der Waals surface area contributed by atoms with E-state index in [0.717, 1.165) is 5.33 Å². The average Bonchev–Trinajstić information content (AvgIpc) is 2.38. The first-order valence-electron chi connectivity index (χ1n) is 3.11. The molecule has 0 amide bonds. The zero-order valence-electron chi connectivity index (χ0n) is 6.10. The van der Waals surface area contributed by atoms with Crippen LogP contribution in [0, 0.1) is 0 Å². The van der Waals surface area contributed by atoms with Gasteiger partial charge >= 0.3 is 0 Å². The molecule has 0 saturated heterocycles. The molecule has 0 bridgehead atoms. The molecule has 1 rings (SSSR count). The second-order valence-electron chi connectivity index (χ2n) is 2.89. The van der Waals surface area contributed by atoms with Crippen molar-refractivity contribution in [3.8, 4) is 0 Å². The van der Waals surface area contributed by atoms with Crippen LogP contribution in [0.15, 0.2) is 10.9 Å². The Bertz CT molecular complexity index is 193. The third-order valence-corrected chi connectivity index (χ3v) is 3.45. The molecule has 0 N–H and O–H groups in total. The van der Waals surface area contributed by atoms with E-state index in [9.17, 15) is 0 Å². The Morgan fingerprint density at radius 3 is 2.80 bits per heavy atom. The van der Waals surface area contributed by atoms with Crippen LogP contribution in [0.5, 0.6) is 0 Å². The molecule has 0 radical (unpaired) electrons. The molecular formula is C7H10BrNS. The molecule has 0 fully saturated rings. The lowest BCUT2D eigenvalue weighted by Crippen LogP contribution is -2.18. The molecule has 1 aromatic heterocycles. The lowest BCUT2D eigenvalue weighted by Gasteiger charge is -2.17. The molecule has 1 nitrogen and oxygen atoms in total. The van der Waals surface area contributed by atoms with Gasteiger partial charge in [-0.1, -0.05) is 29.8 Å². The molecule has 0 spiro atoms. The maximum absolute atomic E-state index is 4.25. The molecule has 0 aromatic carbocycles. The molecule has 0 aliphatic rings. The summed E-state index contributed by atoms with van der Waals surface area (Å²) in [4.78, 5) is 4.25. The number of hydrogen-bond acceptors (Lipinski definition) is 2. The van der Waals surface area contributed by atoms with Gasteiger partial charge in [0, 0.05) is 16.1 Å². The number of halogens is 1. The molecule has 1 heterocycles. The van der Waals surface area contributed by atoms with Crippen molar-refractivity contribution in [2.75, 3.05) is 5.33 Å². The molecule has 3 heteroatoms. The second-order valence-corrected chi connectivity index (χ2v) is 4.17. The summed E-state index contributed by atoms with van der Waals surface area (Å²) in [6.07, 6.45) is 0. The van der Waals surface area contributed by atoms with Crippen LogP contribution < -0.4 is 0 Å². The molecule has 1 aromatic rings. The summed E-state index contributed by atoms with van der Waals surface area (Å²) < 4.78 is 0. The predicted octanol–water partition coefficient (Wildman–Crippen LogP) is 2.82. The Balaban J connectivity index is 2.85. The van der Waals surface area contributed by atoms with Crippen molar-refractivity contribution in [1.29, 1.82) is 0 Å². The van der Waals surface area contributed by atoms with Crippen molar-refractivity contribution >= 4 is 27.3 Å². The fourth-order valence-electron chi connectivity index (χ4n) is 0.615. The van der Waals surface area contributed by atoms with E-state index in [1.54, 1.807) is 11.3 Å². The maximum atomic E-state index is 4.25. The third kappa shape index (κ3) is 1.58. The molecule has 0 aliphatic heterocycles. The van der Waals surface area contributed by atoms with Gasteiger partial charge in [0.25, 0.3) is 0 Å². The summed E-state index contributed by atoms with van der Waals surface area (Å²) in [7, 11) is 0. The molecule has 0 unspecified atom stereocenters. The Morgan fingerprint density at radius 1 is 1.70 bits per heavy atom. The lowest BCUT2D eigenvalue weighted by molar-refractivity contribution is 0.589. The standard InChI is InChI=1S/C7H10BrNS/c1-7(2,4-8)6-3-10-5-9-6/h3,5H,4H2,1-2H3. The van der Waals surface area contributed by atoms with E-state index in [1.807, 2.05) is 5.51 Å². The third-order valence-electron chi connectivity index (χ3n) is 1.46. The first kappa shape index (κ1) is 8.21. The number of thiazole rings is 1. The van der Waals surface area contributed by atoms with Crippen LogP contribution >= 0.6 is 27.3 Å². The van der Waals surface area contributed by atoms with E-state index in [4.69, 9.17) is 0 Å². The molecule has 0 aliphatic carbocycles. The summed E-state index contributed by atoms with van der Waals surface area (Å²) in [6, 6.07) is 0. The van der Waals surface area contributed by atoms with Gasteiger partial charge in [-0.3, -0.25) is 0 Å². The van der Waals surface area contributed by atoms with Crippen molar-refractivity contribution in [2.45, 2.75) is 19.3 Å². The minimum Gasteiger partial charge on any atom is -0.249 e. The summed E-state index contributed by atoms with van der Waals surface area (Å²) in [5.74, 6) is 0. The SMILES string of the molecule is CC(C)(CBr)c1cscn1. The highest BCUT2D eigenvalue weighted by molar-refractivity contribution is 9.09.